The summed E-state index contributed by atoms with van der Waals surface area (Å²) in [6.07, 6.45) is 3.16. The molecule has 0 spiro atoms. The maximum Gasteiger partial charge on any atom is 0.309 e. The molecule has 0 aliphatic rings. The molecule has 11 heteroatoms. The van der Waals surface area contributed by atoms with E-state index in [2.05, 4.69) is 9.98 Å². The van der Waals surface area contributed by atoms with E-state index in [0.717, 1.165) is 16.9 Å². The molecule has 0 fully saturated rings. The van der Waals surface area contributed by atoms with Crippen LogP contribution in [0.5, 0.6) is 5.75 Å². The lowest BCUT2D eigenvalue weighted by Gasteiger charge is -2.24. The molecule has 0 unspecified atom stereocenters. The van der Waals surface area contributed by atoms with Gasteiger partial charge in [-0.25, -0.2) is 18.5 Å². The summed E-state index contributed by atoms with van der Waals surface area (Å²) in [5.41, 5.74) is 12.5. The van der Waals surface area contributed by atoms with Crippen LogP contribution in [0.4, 0.5) is 5.69 Å². The molecule has 0 saturated carbocycles. The van der Waals surface area contributed by atoms with Crippen LogP contribution in [-0.4, -0.2) is 25.2 Å². The van der Waals surface area contributed by atoms with Gasteiger partial charge in [0.05, 0.1) is 12.5 Å². The number of furan rings is 1. The van der Waals surface area contributed by atoms with Crippen LogP contribution >= 0.6 is 11.3 Å². The Labute approximate surface area is 155 Å². The number of hydrogen-bond acceptors (Lipinski definition) is 6. The number of aromatic hydroxyl groups is 1. The van der Waals surface area contributed by atoms with E-state index in [9.17, 15) is 13.5 Å². The van der Waals surface area contributed by atoms with Gasteiger partial charge in [0.15, 0.2) is 9.96 Å². The Balaban J connectivity index is 2.39. The second-order valence-corrected chi connectivity index (χ2v) is 9.35. The van der Waals surface area contributed by atoms with Gasteiger partial charge >= 0.3 is 5.84 Å². The Morgan fingerprint density at radius 3 is 2.50 bits per heavy atom. The summed E-state index contributed by atoms with van der Waals surface area (Å²) in [6, 6.07) is 1.60. The summed E-state index contributed by atoms with van der Waals surface area (Å²) in [5.74, 6) is -0.582. The molecule has 26 heavy (non-hydrogen) atoms. The van der Waals surface area contributed by atoms with Crippen LogP contribution in [0.2, 0.25) is 0 Å². The summed E-state index contributed by atoms with van der Waals surface area (Å²) in [5, 5.41) is 16.3. The minimum atomic E-state index is -4.04. The molecule has 0 saturated heterocycles. The predicted molar refractivity (Wildman–Crippen MR) is 99.7 cm³/mol. The summed E-state index contributed by atoms with van der Waals surface area (Å²) in [4.78, 5) is 7.09. The van der Waals surface area contributed by atoms with E-state index in [1.807, 2.05) is 26.8 Å². The quantitative estimate of drug-likeness (QED) is 0.354. The number of nitrogens with two attached hydrogens (primary N) is 3. The van der Waals surface area contributed by atoms with Crippen LogP contribution in [-0.2, 0) is 10.0 Å². The van der Waals surface area contributed by atoms with Gasteiger partial charge in [0, 0.05) is 16.4 Å². The van der Waals surface area contributed by atoms with Gasteiger partial charge in [-0.15, -0.1) is 11.3 Å². The molecular formula is C15H22N5O4S2+. The number of aliphatic imine (C=N–C) groups is 1. The smallest absolute Gasteiger partial charge is 0.309 e. The van der Waals surface area contributed by atoms with Crippen LogP contribution in [0, 0.1) is 5.41 Å². The zero-order chi connectivity index (χ0) is 19.7. The van der Waals surface area contributed by atoms with Crippen LogP contribution < -0.4 is 21.6 Å². The van der Waals surface area contributed by atoms with Crippen molar-refractivity contribution in [2.75, 3.05) is 0 Å². The van der Waals surface area contributed by atoms with Crippen LogP contribution in [0.15, 0.2) is 37.6 Å². The lowest BCUT2D eigenvalue weighted by atomic mass is 9.84. The molecule has 2 rings (SSSR count). The Bertz CT molecular complexity index is 937. The molecule has 9 nitrogen and oxygen atoms in total. The van der Waals surface area contributed by atoms with Gasteiger partial charge in [-0.05, 0) is 6.07 Å². The monoisotopic (exact) mass is 400 g/mol. The average Bonchev–Trinajstić information content (AvgIpc) is 3.13. The van der Waals surface area contributed by atoms with Crippen LogP contribution in [0.3, 0.4) is 0 Å². The van der Waals surface area contributed by atoms with Crippen molar-refractivity contribution in [2.24, 2.45) is 27.0 Å². The van der Waals surface area contributed by atoms with Gasteiger partial charge in [-0.3, -0.25) is 10.7 Å². The number of primary sulfonamides is 1. The molecule has 1 atom stereocenters. The van der Waals surface area contributed by atoms with E-state index in [0.29, 0.717) is 0 Å². The maximum absolute atomic E-state index is 11.4. The first kappa shape index (κ1) is 19.9. The van der Waals surface area contributed by atoms with Gasteiger partial charge in [0.25, 0.3) is 10.0 Å². The van der Waals surface area contributed by atoms with Crippen molar-refractivity contribution in [3.05, 3.63) is 29.5 Å². The first-order valence-electron chi connectivity index (χ1n) is 7.50. The molecule has 0 aliphatic carbocycles. The number of hydrogen-bond donors (Lipinski definition) is 5. The van der Waals surface area contributed by atoms with Crippen molar-refractivity contribution in [2.45, 2.75) is 31.0 Å². The average molecular weight is 401 g/mol. The fourth-order valence-electron chi connectivity index (χ4n) is 2.27. The molecule has 2 heterocycles. The van der Waals surface area contributed by atoms with Crippen molar-refractivity contribution >= 4 is 38.7 Å². The Morgan fingerprint density at radius 2 is 2.04 bits per heavy atom. The van der Waals surface area contributed by atoms with Gasteiger partial charge in [0.1, 0.15) is 11.7 Å². The zero-order valence-electron chi connectivity index (χ0n) is 14.6. The first-order chi connectivity index (χ1) is 11.9. The third-order valence-electron chi connectivity index (χ3n) is 3.53. The van der Waals surface area contributed by atoms with Crippen molar-refractivity contribution in [1.82, 2.24) is 0 Å². The predicted octanol–water partition coefficient (Wildman–Crippen LogP) is -0.0920. The lowest BCUT2D eigenvalue weighted by molar-refractivity contribution is -0.529. The van der Waals surface area contributed by atoms with Crippen molar-refractivity contribution < 1.29 is 22.9 Å². The summed E-state index contributed by atoms with van der Waals surface area (Å²) >= 11 is 0.745. The van der Waals surface area contributed by atoms with Gasteiger partial charge in [-0.2, -0.15) is 0 Å². The molecule has 142 valence electrons. The summed E-state index contributed by atoms with van der Waals surface area (Å²) in [7, 11) is -4.04. The standard InChI is InChI=1S/C15H21N5O4S2/c1-15(2,3)11(8-4-5-24-6-8)20-13(17)12(16)19-9-7-25-14(10(9)21)26(18,22)23/h4-7,11,21H,1-3H3,(H2,16,19)(H2,17,20)(H2,18,22,23)/p+1/t11-/m0/s1. The molecular weight excluding hydrogens is 378 g/mol. The van der Waals surface area contributed by atoms with Crippen molar-refractivity contribution in [1.29, 1.82) is 0 Å². The SMILES string of the molecule is CC(C)(C)[C@@H]([NH+]=C(N)C(N)=Nc1csc(S(N)(=O)=O)c1O)c1ccoc1. The maximum atomic E-state index is 11.4. The van der Waals surface area contributed by atoms with E-state index in [4.69, 9.17) is 21.0 Å². The summed E-state index contributed by atoms with van der Waals surface area (Å²) in [6.45, 7) is 6.05. The minimum absolute atomic E-state index is 0.0307. The third kappa shape index (κ3) is 4.42. The first-order valence-corrected chi connectivity index (χ1v) is 9.92. The Hall–Kier alpha value is -2.37. The fourth-order valence-corrected chi connectivity index (χ4v) is 3.92. The van der Waals surface area contributed by atoms with Gasteiger partial charge in [0.2, 0.25) is 5.84 Å². The minimum Gasteiger partial charge on any atom is -0.504 e. The molecule has 8 N–H and O–H groups in total. The number of sulfonamides is 1. The largest absolute Gasteiger partial charge is 0.504 e. The van der Waals surface area contributed by atoms with Crippen LogP contribution in [0.25, 0.3) is 0 Å². The number of nitrogens with zero attached hydrogens (tertiary/aromatic N) is 1. The van der Waals surface area contributed by atoms with Crippen LogP contribution in [0.1, 0.15) is 32.4 Å². The van der Waals surface area contributed by atoms with E-state index in [1.165, 1.54) is 5.38 Å². The van der Waals surface area contributed by atoms with Crippen molar-refractivity contribution in [3.63, 3.8) is 0 Å². The highest BCUT2D eigenvalue weighted by molar-refractivity contribution is 7.91. The van der Waals surface area contributed by atoms with E-state index in [1.54, 1.807) is 12.5 Å². The fraction of sp³-hybridized carbons (Fsp3) is 0.333. The second kappa shape index (κ2) is 7.09. The lowest BCUT2D eigenvalue weighted by Crippen LogP contribution is -2.81. The second-order valence-electron chi connectivity index (χ2n) is 6.71. The molecule has 0 aromatic carbocycles. The highest BCUT2D eigenvalue weighted by Gasteiger charge is 2.30. The molecule has 2 aromatic heterocycles. The highest BCUT2D eigenvalue weighted by atomic mass is 32.2. The molecule has 0 bridgehead atoms. The number of thiophene rings is 1. The normalized spacial score (nSPS) is 15.2. The molecule has 0 aliphatic heterocycles. The topological polar surface area (TPSA) is 172 Å². The number of amidine groups is 2. The van der Waals surface area contributed by atoms with Crippen molar-refractivity contribution in [3.8, 4) is 5.75 Å². The van der Waals surface area contributed by atoms with E-state index < -0.39 is 15.8 Å². The molecule has 2 aromatic rings. The number of rotatable bonds is 4. The van der Waals surface area contributed by atoms with E-state index >= 15 is 0 Å². The highest BCUT2D eigenvalue weighted by Crippen LogP contribution is 2.38. The summed E-state index contributed by atoms with van der Waals surface area (Å²) < 4.78 is 27.5. The zero-order valence-corrected chi connectivity index (χ0v) is 16.2. The third-order valence-corrected chi connectivity index (χ3v) is 5.98. The Kier molecular flexibility index (Phi) is 5.44. The van der Waals surface area contributed by atoms with Gasteiger partial charge < -0.3 is 15.3 Å². The molecule has 0 radical (unpaired) electrons. The van der Waals surface area contributed by atoms with Gasteiger partial charge in [-0.1, -0.05) is 20.8 Å². The van der Waals surface area contributed by atoms with E-state index in [-0.39, 0.29) is 33.0 Å². The number of nitrogens with one attached hydrogen (secondary N) is 1. The molecule has 0 amide bonds. The Morgan fingerprint density at radius 1 is 1.38 bits per heavy atom.